The van der Waals surface area contributed by atoms with Crippen molar-refractivity contribution in [3.05, 3.63) is 94.5 Å². The van der Waals surface area contributed by atoms with Gasteiger partial charge in [-0.05, 0) is 81.1 Å². The Morgan fingerprint density at radius 3 is 2.12 bits per heavy atom. The molecule has 0 unspecified atom stereocenters. The second kappa shape index (κ2) is 13.8. The molecule has 0 saturated carbocycles. The molecule has 3 aromatic rings. The standard InChI is InChI=1S/C31H38ClN3O4S/c1-6-24(5)33-31(37)29(7-2)34(20-25-13-11-22(3)12-14-25)30(36)21-35(27-10-8-9-23(4)19-27)40(38,39)28-17-15-26(32)16-18-28/h8-19,24,29H,6-7,20-21H2,1-5H3,(H,33,37)/t24-,29-/m1/s1. The normalized spacial score (nSPS) is 12.8. The van der Waals surface area contributed by atoms with E-state index in [9.17, 15) is 18.0 Å². The van der Waals surface area contributed by atoms with Gasteiger partial charge in [-0.15, -0.1) is 0 Å². The number of halogens is 1. The van der Waals surface area contributed by atoms with Crippen molar-refractivity contribution < 1.29 is 18.0 Å². The molecule has 0 spiro atoms. The summed E-state index contributed by atoms with van der Waals surface area (Å²) < 4.78 is 28.9. The molecule has 7 nitrogen and oxygen atoms in total. The fourth-order valence-electron chi connectivity index (χ4n) is 4.30. The highest BCUT2D eigenvalue weighted by atomic mass is 35.5. The van der Waals surface area contributed by atoms with Gasteiger partial charge in [0.25, 0.3) is 10.0 Å². The fraction of sp³-hybridized carbons (Fsp3) is 0.355. The van der Waals surface area contributed by atoms with Crippen molar-refractivity contribution >= 4 is 39.1 Å². The second-order valence-corrected chi connectivity index (χ2v) is 12.4. The van der Waals surface area contributed by atoms with Crippen LogP contribution in [0.5, 0.6) is 0 Å². The predicted octanol–water partition coefficient (Wildman–Crippen LogP) is 5.87. The molecule has 0 aliphatic rings. The smallest absolute Gasteiger partial charge is 0.264 e. The highest BCUT2D eigenvalue weighted by Crippen LogP contribution is 2.26. The lowest BCUT2D eigenvalue weighted by Crippen LogP contribution is -2.53. The summed E-state index contributed by atoms with van der Waals surface area (Å²) in [4.78, 5) is 28.9. The van der Waals surface area contributed by atoms with Crippen molar-refractivity contribution in [2.24, 2.45) is 0 Å². The van der Waals surface area contributed by atoms with Gasteiger partial charge in [0.2, 0.25) is 11.8 Å². The third-order valence-electron chi connectivity index (χ3n) is 6.83. The Labute approximate surface area is 243 Å². The third-order valence-corrected chi connectivity index (χ3v) is 8.87. The lowest BCUT2D eigenvalue weighted by Gasteiger charge is -2.33. The van der Waals surface area contributed by atoms with Gasteiger partial charge in [-0.1, -0.05) is 67.4 Å². The molecule has 3 rings (SSSR count). The molecular weight excluding hydrogens is 546 g/mol. The molecule has 0 heterocycles. The monoisotopic (exact) mass is 583 g/mol. The van der Waals surface area contributed by atoms with Gasteiger partial charge >= 0.3 is 0 Å². The third kappa shape index (κ3) is 7.86. The summed E-state index contributed by atoms with van der Waals surface area (Å²) in [5.41, 5.74) is 3.12. The number of hydrogen-bond acceptors (Lipinski definition) is 4. The number of carbonyl (C=O) groups is 2. The van der Waals surface area contributed by atoms with Crippen molar-refractivity contribution in [1.82, 2.24) is 10.2 Å². The van der Waals surface area contributed by atoms with Crippen LogP contribution in [0.1, 0.15) is 50.3 Å². The Hall–Kier alpha value is -3.36. The van der Waals surface area contributed by atoms with Crippen LogP contribution >= 0.6 is 11.6 Å². The van der Waals surface area contributed by atoms with E-state index in [0.717, 1.165) is 27.4 Å². The van der Waals surface area contributed by atoms with Gasteiger partial charge in [-0.25, -0.2) is 8.42 Å². The molecule has 214 valence electrons. The molecule has 0 aliphatic carbocycles. The molecule has 0 radical (unpaired) electrons. The van der Waals surface area contributed by atoms with Crippen LogP contribution in [0.25, 0.3) is 0 Å². The lowest BCUT2D eigenvalue weighted by atomic mass is 10.1. The molecule has 0 saturated heterocycles. The summed E-state index contributed by atoms with van der Waals surface area (Å²) in [7, 11) is -4.14. The average molecular weight is 584 g/mol. The molecule has 2 amide bonds. The van der Waals surface area contributed by atoms with E-state index in [2.05, 4.69) is 5.32 Å². The minimum Gasteiger partial charge on any atom is -0.352 e. The highest BCUT2D eigenvalue weighted by molar-refractivity contribution is 7.92. The Morgan fingerprint density at radius 1 is 0.900 bits per heavy atom. The Bertz CT molecular complexity index is 1410. The molecule has 0 aromatic heterocycles. The zero-order chi connectivity index (χ0) is 29.4. The quantitative estimate of drug-likeness (QED) is 0.289. The highest BCUT2D eigenvalue weighted by Gasteiger charge is 2.34. The van der Waals surface area contributed by atoms with Crippen LogP contribution in [0.2, 0.25) is 5.02 Å². The van der Waals surface area contributed by atoms with Gasteiger partial charge in [0.05, 0.1) is 10.6 Å². The zero-order valence-corrected chi connectivity index (χ0v) is 25.3. The minimum absolute atomic E-state index is 0.0119. The van der Waals surface area contributed by atoms with Crippen LogP contribution < -0.4 is 9.62 Å². The van der Waals surface area contributed by atoms with Crippen molar-refractivity contribution in [3.63, 3.8) is 0 Å². The molecular formula is C31H38ClN3O4S. The average Bonchev–Trinajstić information content (AvgIpc) is 2.92. The Morgan fingerprint density at radius 2 is 1.55 bits per heavy atom. The van der Waals surface area contributed by atoms with Gasteiger partial charge in [0.15, 0.2) is 0 Å². The number of amides is 2. The van der Waals surface area contributed by atoms with Gasteiger partial charge in [-0.2, -0.15) is 0 Å². The van der Waals surface area contributed by atoms with E-state index in [0.29, 0.717) is 17.1 Å². The number of benzene rings is 3. The fourth-order valence-corrected chi connectivity index (χ4v) is 5.83. The molecule has 2 atom stereocenters. The maximum absolute atomic E-state index is 14.1. The topological polar surface area (TPSA) is 86.8 Å². The zero-order valence-electron chi connectivity index (χ0n) is 23.7. The lowest BCUT2D eigenvalue weighted by molar-refractivity contribution is -0.140. The van der Waals surface area contributed by atoms with E-state index in [4.69, 9.17) is 11.6 Å². The summed E-state index contributed by atoms with van der Waals surface area (Å²) in [6.45, 7) is 9.24. The summed E-state index contributed by atoms with van der Waals surface area (Å²) >= 11 is 6.01. The SMILES string of the molecule is CC[C@@H](C)NC(=O)[C@@H](CC)N(Cc1ccc(C)cc1)C(=O)CN(c1cccc(C)c1)S(=O)(=O)c1ccc(Cl)cc1. The number of hydrogen-bond donors (Lipinski definition) is 1. The van der Waals surface area contributed by atoms with E-state index in [1.807, 2.05) is 65.0 Å². The Balaban J connectivity index is 2.05. The van der Waals surface area contributed by atoms with Crippen LogP contribution in [0.4, 0.5) is 5.69 Å². The molecule has 0 bridgehead atoms. The number of nitrogens with one attached hydrogen (secondary N) is 1. The van der Waals surface area contributed by atoms with Crippen molar-refractivity contribution in [2.75, 3.05) is 10.8 Å². The number of anilines is 1. The summed E-state index contributed by atoms with van der Waals surface area (Å²) in [6, 6.07) is 19.7. The molecule has 40 heavy (non-hydrogen) atoms. The first kappa shape index (κ1) is 31.2. The molecule has 3 aromatic carbocycles. The predicted molar refractivity (Wildman–Crippen MR) is 161 cm³/mol. The number of aryl methyl sites for hydroxylation is 2. The van der Waals surface area contributed by atoms with Crippen LogP contribution in [-0.2, 0) is 26.2 Å². The first-order valence-electron chi connectivity index (χ1n) is 13.5. The first-order valence-corrected chi connectivity index (χ1v) is 15.3. The number of sulfonamides is 1. The molecule has 0 fully saturated rings. The van der Waals surface area contributed by atoms with E-state index in [-0.39, 0.29) is 23.4 Å². The maximum Gasteiger partial charge on any atom is 0.264 e. The summed E-state index contributed by atoms with van der Waals surface area (Å²) in [6.07, 6.45) is 1.11. The summed E-state index contributed by atoms with van der Waals surface area (Å²) in [5.74, 6) is -0.745. The van der Waals surface area contributed by atoms with E-state index in [1.54, 1.807) is 18.2 Å². The maximum atomic E-state index is 14.1. The second-order valence-electron chi connectivity index (χ2n) is 10.1. The van der Waals surface area contributed by atoms with Crippen LogP contribution in [-0.4, -0.2) is 43.8 Å². The van der Waals surface area contributed by atoms with E-state index in [1.165, 1.54) is 29.2 Å². The first-order chi connectivity index (χ1) is 19.0. The Kier molecular flexibility index (Phi) is 10.8. The van der Waals surface area contributed by atoms with Gasteiger partial charge in [0.1, 0.15) is 12.6 Å². The molecule has 1 N–H and O–H groups in total. The van der Waals surface area contributed by atoms with E-state index >= 15 is 0 Å². The van der Waals surface area contributed by atoms with Crippen LogP contribution in [0, 0.1) is 13.8 Å². The minimum atomic E-state index is -4.14. The molecule has 0 aliphatic heterocycles. The van der Waals surface area contributed by atoms with Gasteiger partial charge in [0, 0.05) is 17.6 Å². The van der Waals surface area contributed by atoms with Crippen LogP contribution in [0.15, 0.2) is 77.7 Å². The van der Waals surface area contributed by atoms with Gasteiger partial charge in [-0.3, -0.25) is 13.9 Å². The van der Waals surface area contributed by atoms with Crippen molar-refractivity contribution in [2.45, 2.75) is 71.0 Å². The summed E-state index contributed by atoms with van der Waals surface area (Å²) in [5, 5.41) is 3.39. The number of rotatable bonds is 12. The molecule has 9 heteroatoms. The van der Waals surface area contributed by atoms with Crippen molar-refractivity contribution in [1.29, 1.82) is 0 Å². The largest absolute Gasteiger partial charge is 0.352 e. The van der Waals surface area contributed by atoms with Crippen molar-refractivity contribution in [3.8, 4) is 0 Å². The van der Waals surface area contributed by atoms with Crippen LogP contribution in [0.3, 0.4) is 0 Å². The van der Waals surface area contributed by atoms with Gasteiger partial charge < -0.3 is 10.2 Å². The number of nitrogens with zero attached hydrogens (tertiary/aromatic N) is 2. The number of carbonyl (C=O) groups excluding carboxylic acids is 2. The van der Waals surface area contributed by atoms with E-state index < -0.39 is 28.5 Å².